The lowest BCUT2D eigenvalue weighted by Crippen LogP contribution is -2.39. The Morgan fingerprint density at radius 2 is 2.03 bits per heavy atom. The second-order valence-corrected chi connectivity index (χ2v) is 8.76. The molecule has 0 aliphatic heterocycles. The number of carbonyl (C=O) groups excluding carboxylic acids is 1. The number of aromatic nitrogens is 2. The highest BCUT2D eigenvalue weighted by atomic mass is 79.9. The maximum absolute atomic E-state index is 13.4. The summed E-state index contributed by atoms with van der Waals surface area (Å²) in [5.41, 5.74) is 0.943. The highest BCUT2D eigenvalue weighted by molar-refractivity contribution is 9.10. The number of hydrogen-bond donors (Lipinski definition) is 1. The zero-order valence-electron chi connectivity index (χ0n) is 18.1. The van der Waals surface area contributed by atoms with E-state index in [1.807, 2.05) is 32.0 Å². The topological polar surface area (TPSA) is 80.4 Å². The van der Waals surface area contributed by atoms with Gasteiger partial charge >= 0.3 is 6.03 Å². The van der Waals surface area contributed by atoms with Crippen molar-refractivity contribution in [3.63, 3.8) is 0 Å². The predicted molar refractivity (Wildman–Crippen MR) is 133 cm³/mol. The monoisotopic (exact) mass is 528 g/mol. The van der Waals surface area contributed by atoms with Crippen LogP contribution in [0.3, 0.4) is 0 Å². The van der Waals surface area contributed by atoms with E-state index in [9.17, 15) is 9.59 Å². The number of furan rings is 1. The van der Waals surface area contributed by atoms with E-state index in [0.29, 0.717) is 39.7 Å². The van der Waals surface area contributed by atoms with Gasteiger partial charge in [-0.3, -0.25) is 9.36 Å². The van der Waals surface area contributed by atoms with Crippen molar-refractivity contribution in [2.24, 2.45) is 0 Å². The molecule has 7 nitrogen and oxygen atoms in total. The third-order valence-electron chi connectivity index (χ3n) is 5.39. The fraction of sp³-hybridized carbons (Fsp3) is 0.208. The average Bonchev–Trinajstić information content (AvgIpc) is 3.31. The molecule has 0 saturated heterocycles. The molecule has 0 aliphatic carbocycles. The van der Waals surface area contributed by atoms with Crippen molar-refractivity contribution in [2.45, 2.75) is 33.0 Å². The summed E-state index contributed by atoms with van der Waals surface area (Å²) in [5, 5.41) is 3.90. The Kier molecular flexibility index (Phi) is 6.85. The molecule has 2 aromatic carbocycles. The van der Waals surface area contributed by atoms with Gasteiger partial charge < -0.3 is 14.6 Å². The van der Waals surface area contributed by atoms with Gasteiger partial charge in [0.25, 0.3) is 5.56 Å². The summed E-state index contributed by atoms with van der Waals surface area (Å²) in [5.74, 6) is 1.07. The lowest BCUT2D eigenvalue weighted by molar-refractivity contribution is 0.178. The molecule has 4 rings (SSSR count). The maximum Gasteiger partial charge on any atom is 0.322 e. The number of urea groups is 1. The minimum Gasteiger partial charge on any atom is -0.467 e. The summed E-state index contributed by atoms with van der Waals surface area (Å²) in [6.45, 7) is 4.31. The number of benzene rings is 2. The van der Waals surface area contributed by atoms with Crippen LogP contribution in [-0.2, 0) is 13.1 Å². The minimum atomic E-state index is -0.548. The molecule has 170 valence electrons. The number of nitrogens with zero attached hydrogens (tertiary/aromatic N) is 3. The van der Waals surface area contributed by atoms with Gasteiger partial charge in [-0.05, 0) is 72.2 Å². The van der Waals surface area contributed by atoms with E-state index in [-0.39, 0.29) is 18.1 Å². The summed E-state index contributed by atoms with van der Waals surface area (Å²) >= 11 is 9.61. The fourth-order valence-electron chi connectivity index (χ4n) is 3.68. The lowest BCUT2D eigenvalue weighted by atomic mass is 10.2. The summed E-state index contributed by atoms with van der Waals surface area (Å²) in [4.78, 5) is 32.9. The van der Waals surface area contributed by atoms with E-state index in [0.717, 1.165) is 4.47 Å². The van der Waals surface area contributed by atoms with E-state index in [1.54, 1.807) is 52.1 Å². The molecule has 1 N–H and O–H groups in total. The Balaban J connectivity index is 1.78. The number of carbonyl (C=O) groups is 1. The van der Waals surface area contributed by atoms with Gasteiger partial charge in [0.15, 0.2) is 0 Å². The SMILES string of the molecule is CCn1c(C(C)N(Cc2ccco2)C(=O)Nc2ccccc2Br)nc2cc(Cl)ccc2c1=O. The van der Waals surface area contributed by atoms with Crippen LogP contribution in [0.5, 0.6) is 0 Å². The molecular weight excluding hydrogens is 508 g/mol. The van der Waals surface area contributed by atoms with Gasteiger partial charge in [-0.2, -0.15) is 0 Å². The van der Waals surface area contributed by atoms with Crippen LogP contribution in [-0.4, -0.2) is 20.5 Å². The van der Waals surface area contributed by atoms with E-state index < -0.39 is 6.04 Å². The fourth-order valence-corrected chi connectivity index (χ4v) is 4.23. The number of nitrogens with one attached hydrogen (secondary N) is 1. The Morgan fingerprint density at radius 1 is 1.24 bits per heavy atom. The van der Waals surface area contributed by atoms with Crippen LogP contribution in [0.4, 0.5) is 10.5 Å². The van der Waals surface area contributed by atoms with Crippen LogP contribution in [0.15, 0.2) is 74.5 Å². The van der Waals surface area contributed by atoms with Crippen molar-refractivity contribution in [1.82, 2.24) is 14.5 Å². The van der Waals surface area contributed by atoms with Crippen LogP contribution in [0.25, 0.3) is 10.9 Å². The molecule has 9 heteroatoms. The first-order valence-electron chi connectivity index (χ1n) is 10.4. The lowest BCUT2D eigenvalue weighted by Gasteiger charge is -2.30. The largest absolute Gasteiger partial charge is 0.467 e. The van der Waals surface area contributed by atoms with Gasteiger partial charge in [0.1, 0.15) is 11.6 Å². The van der Waals surface area contributed by atoms with Crippen molar-refractivity contribution >= 4 is 50.2 Å². The summed E-state index contributed by atoms with van der Waals surface area (Å²) in [7, 11) is 0. The number of anilines is 1. The molecule has 0 bridgehead atoms. The number of rotatable bonds is 6. The van der Waals surface area contributed by atoms with E-state index >= 15 is 0 Å². The number of fused-ring (bicyclic) bond motifs is 1. The molecule has 0 radical (unpaired) electrons. The molecular formula is C24H22BrClN4O3. The predicted octanol–water partition coefficient (Wildman–Crippen LogP) is 6.22. The van der Waals surface area contributed by atoms with Crippen molar-refractivity contribution in [3.8, 4) is 0 Å². The van der Waals surface area contributed by atoms with E-state index in [2.05, 4.69) is 21.2 Å². The molecule has 1 atom stereocenters. The molecule has 0 aliphatic rings. The van der Waals surface area contributed by atoms with Crippen LogP contribution in [0, 0.1) is 0 Å². The molecule has 0 fully saturated rings. The first-order valence-corrected chi connectivity index (χ1v) is 11.6. The third-order valence-corrected chi connectivity index (χ3v) is 6.31. The van der Waals surface area contributed by atoms with Crippen molar-refractivity contribution in [2.75, 3.05) is 5.32 Å². The quantitative estimate of drug-likeness (QED) is 0.321. The number of halogens is 2. The molecule has 2 aromatic heterocycles. The van der Waals surface area contributed by atoms with E-state index in [1.165, 1.54) is 0 Å². The molecule has 0 spiro atoms. The smallest absolute Gasteiger partial charge is 0.322 e. The highest BCUT2D eigenvalue weighted by Gasteiger charge is 2.27. The molecule has 4 aromatic rings. The first kappa shape index (κ1) is 23.1. The highest BCUT2D eigenvalue weighted by Crippen LogP contribution is 2.27. The Hall–Kier alpha value is -3.10. The molecule has 1 unspecified atom stereocenters. The van der Waals surface area contributed by atoms with Crippen LogP contribution >= 0.6 is 27.5 Å². The second-order valence-electron chi connectivity index (χ2n) is 7.47. The van der Waals surface area contributed by atoms with Gasteiger partial charge in [-0.15, -0.1) is 0 Å². The van der Waals surface area contributed by atoms with Crippen molar-refractivity contribution in [3.05, 3.63) is 92.3 Å². The normalized spacial score (nSPS) is 12.0. The van der Waals surface area contributed by atoms with Gasteiger partial charge in [-0.1, -0.05) is 23.7 Å². The summed E-state index contributed by atoms with van der Waals surface area (Å²) in [6, 6.07) is 15.0. The van der Waals surface area contributed by atoms with Crippen LogP contribution in [0.1, 0.15) is 31.5 Å². The van der Waals surface area contributed by atoms with Gasteiger partial charge in [0.05, 0.1) is 35.4 Å². The molecule has 2 heterocycles. The number of hydrogen-bond acceptors (Lipinski definition) is 4. The van der Waals surface area contributed by atoms with Gasteiger partial charge in [-0.25, -0.2) is 9.78 Å². The number of amides is 2. The van der Waals surface area contributed by atoms with Crippen LogP contribution in [0.2, 0.25) is 5.02 Å². The van der Waals surface area contributed by atoms with E-state index in [4.69, 9.17) is 21.0 Å². The molecule has 33 heavy (non-hydrogen) atoms. The first-order chi connectivity index (χ1) is 15.9. The van der Waals surface area contributed by atoms with Crippen molar-refractivity contribution in [1.29, 1.82) is 0 Å². The standard InChI is InChI=1S/C24H22BrClN4O3/c1-3-29-22(27-21-13-16(26)10-11-18(21)23(29)31)15(2)30(14-17-7-6-12-33-17)24(32)28-20-9-5-4-8-19(20)25/h4-13,15H,3,14H2,1-2H3,(H,28,32). The second kappa shape index (κ2) is 9.80. The Labute approximate surface area is 204 Å². The van der Waals surface area contributed by atoms with Crippen LogP contribution < -0.4 is 10.9 Å². The zero-order valence-corrected chi connectivity index (χ0v) is 20.4. The number of para-hydroxylation sites is 1. The maximum atomic E-state index is 13.4. The Morgan fingerprint density at radius 3 is 2.73 bits per heavy atom. The third kappa shape index (κ3) is 4.82. The molecule has 0 saturated carbocycles. The summed E-state index contributed by atoms with van der Waals surface area (Å²) in [6.07, 6.45) is 1.56. The van der Waals surface area contributed by atoms with Gasteiger partial charge in [0, 0.05) is 16.0 Å². The van der Waals surface area contributed by atoms with Crippen molar-refractivity contribution < 1.29 is 9.21 Å². The Bertz CT molecular complexity index is 1350. The zero-order chi connectivity index (χ0) is 23.5. The van der Waals surface area contributed by atoms with Gasteiger partial charge in [0.2, 0.25) is 0 Å². The minimum absolute atomic E-state index is 0.176. The summed E-state index contributed by atoms with van der Waals surface area (Å²) < 4.78 is 7.85. The molecule has 2 amide bonds. The average molecular weight is 530 g/mol.